The van der Waals surface area contributed by atoms with Gasteiger partial charge >= 0.3 is 0 Å². The van der Waals surface area contributed by atoms with Crippen molar-refractivity contribution in [2.75, 3.05) is 0 Å². The second kappa shape index (κ2) is 8.41. The van der Waals surface area contributed by atoms with E-state index in [4.69, 9.17) is 0 Å². The van der Waals surface area contributed by atoms with Crippen LogP contribution in [0.4, 0.5) is 0 Å². The number of hydrogen-bond acceptors (Lipinski definition) is 3. The third-order valence-electron chi connectivity index (χ3n) is 3.84. The van der Waals surface area contributed by atoms with Crippen molar-refractivity contribution in [3.05, 3.63) is 76.6 Å². The quantitative estimate of drug-likeness (QED) is 0.692. The van der Waals surface area contributed by atoms with E-state index < -0.39 is 0 Å². The monoisotopic (exact) mass is 336 g/mol. The normalized spacial score (nSPS) is 10.5. The molecule has 0 saturated heterocycles. The molecule has 1 amide bonds. The van der Waals surface area contributed by atoms with Crippen molar-refractivity contribution in [2.24, 2.45) is 0 Å². The number of rotatable bonds is 7. The molecule has 2 aromatic heterocycles. The first-order valence-corrected chi connectivity index (χ1v) is 9.04. The highest BCUT2D eigenvalue weighted by molar-refractivity contribution is 7.08. The highest BCUT2D eigenvalue weighted by Gasteiger charge is 2.04. The Bertz CT molecular complexity index is 769. The van der Waals surface area contributed by atoms with Crippen LogP contribution in [0.25, 0.3) is 11.3 Å². The van der Waals surface area contributed by atoms with Gasteiger partial charge in [-0.05, 0) is 47.5 Å². The lowest BCUT2D eigenvalue weighted by atomic mass is 10.1. The fourth-order valence-electron chi connectivity index (χ4n) is 2.54. The molecular weight excluding hydrogens is 316 g/mol. The fourth-order valence-corrected chi connectivity index (χ4v) is 3.19. The number of carbonyl (C=O) groups excluding carboxylic acids is 1. The Hall–Kier alpha value is -2.46. The maximum Gasteiger partial charge on any atom is 0.220 e. The van der Waals surface area contributed by atoms with E-state index in [9.17, 15) is 4.79 Å². The van der Waals surface area contributed by atoms with Crippen LogP contribution in [0.1, 0.15) is 24.0 Å². The van der Waals surface area contributed by atoms with Crippen molar-refractivity contribution >= 4 is 17.2 Å². The Balaban J connectivity index is 1.45. The number of amides is 1. The van der Waals surface area contributed by atoms with E-state index in [1.54, 1.807) is 17.5 Å². The zero-order valence-corrected chi connectivity index (χ0v) is 14.3. The van der Waals surface area contributed by atoms with Crippen molar-refractivity contribution in [3.8, 4) is 11.3 Å². The summed E-state index contributed by atoms with van der Waals surface area (Å²) in [4.78, 5) is 16.4. The third kappa shape index (κ3) is 4.77. The van der Waals surface area contributed by atoms with Gasteiger partial charge in [0.05, 0.1) is 5.69 Å². The van der Waals surface area contributed by atoms with E-state index in [1.165, 1.54) is 5.56 Å². The van der Waals surface area contributed by atoms with Crippen LogP contribution in [-0.2, 0) is 17.8 Å². The van der Waals surface area contributed by atoms with E-state index in [1.807, 2.05) is 35.7 Å². The van der Waals surface area contributed by atoms with Gasteiger partial charge < -0.3 is 5.32 Å². The van der Waals surface area contributed by atoms with Gasteiger partial charge in [-0.25, -0.2) is 0 Å². The maximum absolute atomic E-state index is 12.0. The minimum Gasteiger partial charge on any atom is -0.352 e. The van der Waals surface area contributed by atoms with Gasteiger partial charge in [0, 0.05) is 30.1 Å². The summed E-state index contributed by atoms with van der Waals surface area (Å²) in [5.41, 5.74) is 4.42. The lowest BCUT2D eigenvalue weighted by molar-refractivity contribution is -0.121. The van der Waals surface area contributed by atoms with Crippen molar-refractivity contribution in [1.82, 2.24) is 10.3 Å². The number of pyridine rings is 1. The first-order chi connectivity index (χ1) is 11.8. The van der Waals surface area contributed by atoms with Crippen LogP contribution < -0.4 is 5.32 Å². The number of aryl methyl sites for hydroxylation is 1. The van der Waals surface area contributed by atoms with Crippen LogP contribution in [0, 0.1) is 0 Å². The van der Waals surface area contributed by atoms with Crippen LogP contribution in [0.15, 0.2) is 65.5 Å². The first-order valence-electron chi connectivity index (χ1n) is 8.09. The molecule has 0 fully saturated rings. The van der Waals surface area contributed by atoms with Gasteiger partial charge in [-0.1, -0.05) is 30.3 Å². The summed E-state index contributed by atoms with van der Waals surface area (Å²) in [6.45, 7) is 0.545. The number of aromatic nitrogens is 1. The van der Waals surface area contributed by atoms with Crippen LogP contribution in [0.5, 0.6) is 0 Å². The molecule has 1 N–H and O–H groups in total. The number of nitrogens with zero attached hydrogens (tertiary/aromatic N) is 1. The molecule has 0 radical (unpaired) electrons. The average molecular weight is 336 g/mol. The summed E-state index contributed by atoms with van der Waals surface area (Å²) < 4.78 is 0. The molecular formula is C20H20N2OS. The van der Waals surface area contributed by atoms with Crippen LogP contribution in [0.3, 0.4) is 0 Å². The number of nitrogens with one attached hydrogen (secondary N) is 1. The maximum atomic E-state index is 12.0. The predicted molar refractivity (Wildman–Crippen MR) is 98.8 cm³/mol. The smallest absolute Gasteiger partial charge is 0.220 e. The molecule has 3 rings (SSSR count). The van der Waals surface area contributed by atoms with Gasteiger partial charge in [-0.15, -0.1) is 0 Å². The molecule has 122 valence electrons. The molecule has 3 nitrogen and oxygen atoms in total. The first kappa shape index (κ1) is 16.4. The van der Waals surface area contributed by atoms with Crippen molar-refractivity contribution in [1.29, 1.82) is 0 Å². The molecule has 0 atom stereocenters. The molecule has 0 spiro atoms. The van der Waals surface area contributed by atoms with Gasteiger partial charge in [0.25, 0.3) is 0 Å². The predicted octanol–water partition coefficient (Wildman–Crippen LogP) is 4.45. The van der Waals surface area contributed by atoms with E-state index in [2.05, 4.69) is 33.9 Å². The molecule has 0 bridgehead atoms. The highest BCUT2D eigenvalue weighted by Crippen LogP contribution is 2.20. The Kier molecular flexibility index (Phi) is 5.75. The minimum absolute atomic E-state index is 0.0971. The van der Waals surface area contributed by atoms with Crippen molar-refractivity contribution in [3.63, 3.8) is 0 Å². The lowest BCUT2D eigenvalue weighted by Gasteiger charge is -2.07. The molecule has 4 heteroatoms. The Morgan fingerprint density at radius 2 is 1.96 bits per heavy atom. The second-order valence-corrected chi connectivity index (χ2v) is 6.46. The Morgan fingerprint density at radius 1 is 1.08 bits per heavy atom. The van der Waals surface area contributed by atoms with Gasteiger partial charge in [0.2, 0.25) is 5.91 Å². The fraction of sp³-hybridized carbons (Fsp3) is 0.200. The summed E-state index contributed by atoms with van der Waals surface area (Å²) >= 11 is 1.66. The molecule has 24 heavy (non-hydrogen) atoms. The number of benzene rings is 1. The Morgan fingerprint density at radius 3 is 2.75 bits per heavy atom. The molecule has 0 aliphatic carbocycles. The van der Waals surface area contributed by atoms with Gasteiger partial charge in [-0.2, -0.15) is 11.3 Å². The van der Waals surface area contributed by atoms with Gasteiger partial charge in [-0.3, -0.25) is 9.78 Å². The minimum atomic E-state index is 0.0971. The molecule has 0 unspecified atom stereocenters. The molecule has 3 aromatic rings. The zero-order valence-electron chi connectivity index (χ0n) is 13.4. The number of thiophene rings is 1. The SMILES string of the molecule is O=C(CCCc1ccccc1)NCc1ccnc(-c2ccsc2)c1. The molecule has 1 aromatic carbocycles. The summed E-state index contributed by atoms with van der Waals surface area (Å²) in [7, 11) is 0. The van der Waals surface area contributed by atoms with Crippen LogP contribution >= 0.6 is 11.3 Å². The van der Waals surface area contributed by atoms with Crippen LogP contribution in [-0.4, -0.2) is 10.9 Å². The Labute approximate surface area is 146 Å². The average Bonchev–Trinajstić information content (AvgIpc) is 3.16. The van der Waals surface area contributed by atoms with Crippen LogP contribution in [0.2, 0.25) is 0 Å². The third-order valence-corrected chi connectivity index (χ3v) is 4.53. The lowest BCUT2D eigenvalue weighted by Crippen LogP contribution is -2.22. The standard InChI is InChI=1S/C20H20N2OS/c23-20(8-4-7-16-5-2-1-3-6-16)22-14-17-9-11-21-19(13-17)18-10-12-24-15-18/h1-3,5-6,9-13,15H,4,7-8,14H2,(H,22,23). The van der Waals surface area contributed by atoms with Crippen molar-refractivity contribution in [2.45, 2.75) is 25.8 Å². The number of hydrogen-bond donors (Lipinski definition) is 1. The van der Waals surface area contributed by atoms with Crippen molar-refractivity contribution < 1.29 is 4.79 Å². The van der Waals surface area contributed by atoms with Gasteiger partial charge in [0.1, 0.15) is 0 Å². The molecule has 0 aliphatic rings. The summed E-state index contributed by atoms with van der Waals surface area (Å²) in [6, 6.07) is 16.3. The second-order valence-electron chi connectivity index (χ2n) is 5.68. The molecule has 2 heterocycles. The number of carbonyl (C=O) groups is 1. The molecule has 0 aliphatic heterocycles. The van der Waals surface area contributed by atoms with E-state index in [0.29, 0.717) is 13.0 Å². The molecule has 0 saturated carbocycles. The van der Waals surface area contributed by atoms with E-state index >= 15 is 0 Å². The summed E-state index contributed by atoms with van der Waals surface area (Å²) in [5, 5.41) is 7.11. The summed E-state index contributed by atoms with van der Waals surface area (Å²) in [6.07, 6.45) is 4.15. The summed E-state index contributed by atoms with van der Waals surface area (Å²) in [5.74, 6) is 0.0971. The zero-order chi connectivity index (χ0) is 16.6. The van der Waals surface area contributed by atoms with Gasteiger partial charge in [0.15, 0.2) is 0 Å². The largest absolute Gasteiger partial charge is 0.352 e. The topological polar surface area (TPSA) is 42.0 Å². The van der Waals surface area contributed by atoms with E-state index in [0.717, 1.165) is 29.7 Å². The highest BCUT2D eigenvalue weighted by atomic mass is 32.1. The van der Waals surface area contributed by atoms with E-state index in [-0.39, 0.29) is 5.91 Å².